The number of rotatable bonds is 4. The number of aromatic nitrogens is 1. The van der Waals surface area contributed by atoms with Crippen LogP contribution in [0.25, 0.3) is 0 Å². The van der Waals surface area contributed by atoms with Crippen LogP contribution in [0.2, 0.25) is 0 Å². The van der Waals surface area contributed by atoms with Crippen LogP contribution in [0, 0.1) is 11.3 Å². The summed E-state index contributed by atoms with van der Waals surface area (Å²) in [4.78, 5) is 15.9. The Bertz CT molecular complexity index is 690. The number of pyridine rings is 1. The number of carbonyl (C=O) groups excluding carboxylic acids is 1. The summed E-state index contributed by atoms with van der Waals surface area (Å²) in [6, 6.07) is 10.2. The lowest BCUT2D eigenvalue weighted by Gasteiger charge is -2.10. The van der Waals surface area contributed by atoms with Gasteiger partial charge in [-0.1, -0.05) is 0 Å². The first-order valence-corrected chi connectivity index (χ1v) is 6.21. The third-order valence-corrected chi connectivity index (χ3v) is 2.87. The van der Waals surface area contributed by atoms with E-state index in [1.54, 1.807) is 31.4 Å². The standard InChI is InChI=1S/C15H14N4O2/c1-21-14-5-3-12(17)6-11(14)9-19-15(20)13-4-2-10(7-16)8-18-13/h2-6,8H,9,17H2,1H3,(H,19,20). The normalized spacial score (nSPS) is 9.71. The van der Waals surface area contributed by atoms with Crippen LogP contribution in [-0.4, -0.2) is 18.0 Å². The van der Waals surface area contributed by atoms with Crippen LogP contribution in [0.15, 0.2) is 36.5 Å². The first-order chi connectivity index (χ1) is 10.1. The van der Waals surface area contributed by atoms with Crippen LogP contribution < -0.4 is 15.8 Å². The molecule has 6 heteroatoms. The molecule has 21 heavy (non-hydrogen) atoms. The summed E-state index contributed by atoms with van der Waals surface area (Å²) in [5.74, 6) is 0.321. The Morgan fingerprint density at radius 2 is 2.24 bits per heavy atom. The maximum absolute atomic E-state index is 12.0. The Morgan fingerprint density at radius 3 is 2.86 bits per heavy atom. The molecule has 106 valence electrons. The molecule has 0 saturated heterocycles. The minimum absolute atomic E-state index is 0.247. The Labute approximate surface area is 122 Å². The lowest BCUT2D eigenvalue weighted by atomic mass is 10.1. The Kier molecular flexibility index (Phi) is 4.36. The number of ether oxygens (including phenoxy) is 1. The molecule has 0 aliphatic carbocycles. The molecular weight excluding hydrogens is 268 g/mol. The average molecular weight is 282 g/mol. The van der Waals surface area contributed by atoms with Crippen molar-refractivity contribution in [2.24, 2.45) is 0 Å². The van der Waals surface area contributed by atoms with Gasteiger partial charge in [0.05, 0.1) is 12.7 Å². The van der Waals surface area contributed by atoms with Crippen molar-refractivity contribution in [3.05, 3.63) is 53.3 Å². The van der Waals surface area contributed by atoms with Crippen LogP contribution >= 0.6 is 0 Å². The van der Waals surface area contributed by atoms with Crippen molar-refractivity contribution in [1.82, 2.24) is 10.3 Å². The number of nitrogens with one attached hydrogen (secondary N) is 1. The summed E-state index contributed by atoms with van der Waals surface area (Å²) < 4.78 is 5.21. The lowest BCUT2D eigenvalue weighted by Crippen LogP contribution is -2.24. The van der Waals surface area contributed by atoms with Crippen molar-refractivity contribution < 1.29 is 9.53 Å². The molecule has 0 unspecified atom stereocenters. The third-order valence-electron chi connectivity index (χ3n) is 2.87. The number of nitrogens with zero attached hydrogens (tertiary/aromatic N) is 2. The van der Waals surface area contributed by atoms with E-state index in [9.17, 15) is 4.79 Å². The monoisotopic (exact) mass is 282 g/mol. The van der Waals surface area contributed by atoms with E-state index < -0.39 is 0 Å². The Balaban J connectivity index is 2.07. The molecular formula is C15H14N4O2. The number of nitrogens with two attached hydrogens (primary N) is 1. The van der Waals surface area contributed by atoms with E-state index in [2.05, 4.69) is 10.3 Å². The van der Waals surface area contributed by atoms with Gasteiger partial charge in [-0.15, -0.1) is 0 Å². The summed E-state index contributed by atoms with van der Waals surface area (Å²) in [6.45, 7) is 0.273. The third kappa shape index (κ3) is 3.48. The molecule has 0 bridgehead atoms. The number of carbonyl (C=O) groups is 1. The fourth-order valence-corrected chi connectivity index (χ4v) is 1.80. The molecule has 0 aliphatic rings. The highest BCUT2D eigenvalue weighted by Crippen LogP contribution is 2.20. The predicted octanol–water partition coefficient (Wildman–Crippen LogP) is 1.47. The van der Waals surface area contributed by atoms with Gasteiger partial charge in [0.25, 0.3) is 5.91 Å². The molecule has 0 saturated carbocycles. The van der Waals surface area contributed by atoms with Crippen LogP contribution in [0.5, 0.6) is 5.75 Å². The quantitative estimate of drug-likeness (QED) is 0.827. The molecule has 1 aromatic carbocycles. The van der Waals surface area contributed by atoms with Gasteiger partial charge in [0.2, 0.25) is 0 Å². The van der Waals surface area contributed by atoms with E-state index in [4.69, 9.17) is 15.7 Å². The highest BCUT2D eigenvalue weighted by atomic mass is 16.5. The van der Waals surface area contributed by atoms with Crippen LogP contribution in [0.3, 0.4) is 0 Å². The smallest absolute Gasteiger partial charge is 0.270 e. The lowest BCUT2D eigenvalue weighted by molar-refractivity contribution is 0.0945. The fraction of sp³-hybridized carbons (Fsp3) is 0.133. The first kappa shape index (κ1) is 14.3. The first-order valence-electron chi connectivity index (χ1n) is 6.21. The van der Waals surface area contributed by atoms with Gasteiger partial charge in [-0.25, -0.2) is 4.98 Å². The number of amides is 1. The summed E-state index contributed by atoms with van der Waals surface area (Å²) in [5.41, 5.74) is 7.75. The zero-order valence-electron chi connectivity index (χ0n) is 11.5. The largest absolute Gasteiger partial charge is 0.496 e. The zero-order chi connectivity index (χ0) is 15.2. The second kappa shape index (κ2) is 6.39. The minimum atomic E-state index is -0.330. The van der Waals surface area contributed by atoms with Crippen LogP contribution in [0.1, 0.15) is 21.6 Å². The summed E-state index contributed by atoms with van der Waals surface area (Å²) in [7, 11) is 1.55. The van der Waals surface area contributed by atoms with Gasteiger partial charge in [-0.3, -0.25) is 4.79 Å². The number of benzene rings is 1. The topological polar surface area (TPSA) is 101 Å². The maximum Gasteiger partial charge on any atom is 0.270 e. The van der Waals surface area contributed by atoms with Crippen molar-refractivity contribution in [3.63, 3.8) is 0 Å². The van der Waals surface area contributed by atoms with Gasteiger partial charge in [-0.05, 0) is 30.3 Å². The molecule has 6 nitrogen and oxygen atoms in total. The van der Waals surface area contributed by atoms with E-state index >= 15 is 0 Å². The van der Waals surface area contributed by atoms with E-state index in [1.165, 1.54) is 12.3 Å². The van der Waals surface area contributed by atoms with Crippen molar-refractivity contribution in [2.75, 3.05) is 12.8 Å². The van der Waals surface area contributed by atoms with E-state index in [1.807, 2.05) is 6.07 Å². The summed E-state index contributed by atoms with van der Waals surface area (Å²) in [6.07, 6.45) is 1.36. The molecule has 2 aromatic rings. The molecule has 0 aliphatic heterocycles. The molecule has 0 spiro atoms. The number of nitrogen functional groups attached to an aromatic ring is 1. The number of hydrogen-bond donors (Lipinski definition) is 2. The maximum atomic E-state index is 12.0. The van der Waals surface area contributed by atoms with Crippen molar-refractivity contribution in [2.45, 2.75) is 6.54 Å². The van der Waals surface area contributed by atoms with Gasteiger partial charge >= 0.3 is 0 Å². The fourth-order valence-electron chi connectivity index (χ4n) is 1.80. The molecule has 1 heterocycles. The molecule has 2 rings (SSSR count). The molecule has 3 N–H and O–H groups in total. The molecule has 1 aromatic heterocycles. The number of methoxy groups -OCH3 is 1. The van der Waals surface area contributed by atoms with E-state index in [-0.39, 0.29) is 18.1 Å². The Hall–Kier alpha value is -3.07. The van der Waals surface area contributed by atoms with Gasteiger partial charge in [0.1, 0.15) is 17.5 Å². The second-order valence-corrected chi connectivity index (χ2v) is 4.30. The molecule has 0 fully saturated rings. The SMILES string of the molecule is COc1ccc(N)cc1CNC(=O)c1ccc(C#N)cn1. The highest BCUT2D eigenvalue weighted by Gasteiger charge is 2.09. The molecule has 1 amide bonds. The van der Waals surface area contributed by atoms with Gasteiger partial charge in [-0.2, -0.15) is 5.26 Å². The summed E-state index contributed by atoms with van der Waals surface area (Å²) >= 11 is 0. The average Bonchev–Trinajstić information content (AvgIpc) is 2.52. The minimum Gasteiger partial charge on any atom is -0.496 e. The van der Waals surface area contributed by atoms with Crippen LogP contribution in [-0.2, 0) is 6.54 Å². The van der Waals surface area contributed by atoms with E-state index in [0.717, 1.165) is 5.56 Å². The van der Waals surface area contributed by atoms with Crippen molar-refractivity contribution >= 4 is 11.6 Å². The van der Waals surface area contributed by atoms with Crippen molar-refractivity contribution in [1.29, 1.82) is 5.26 Å². The van der Waals surface area contributed by atoms with Crippen LogP contribution in [0.4, 0.5) is 5.69 Å². The number of anilines is 1. The highest BCUT2D eigenvalue weighted by molar-refractivity contribution is 5.92. The summed E-state index contributed by atoms with van der Waals surface area (Å²) in [5, 5.41) is 11.4. The number of hydrogen-bond acceptors (Lipinski definition) is 5. The van der Waals surface area contributed by atoms with Crippen molar-refractivity contribution in [3.8, 4) is 11.8 Å². The van der Waals surface area contributed by atoms with E-state index in [0.29, 0.717) is 17.0 Å². The van der Waals surface area contributed by atoms with Gasteiger partial charge < -0.3 is 15.8 Å². The molecule has 0 atom stereocenters. The zero-order valence-corrected chi connectivity index (χ0v) is 11.5. The predicted molar refractivity (Wildman–Crippen MR) is 77.5 cm³/mol. The Morgan fingerprint density at radius 1 is 1.43 bits per heavy atom. The number of nitriles is 1. The second-order valence-electron chi connectivity index (χ2n) is 4.30. The van der Waals surface area contributed by atoms with Gasteiger partial charge in [0, 0.05) is 24.0 Å². The molecule has 0 radical (unpaired) electrons. The van der Waals surface area contributed by atoms with Gasteiger partial charge in [0.15, 0.2) is 0 Å².